The van der Waals surface area contributed by atoms with E-state index >= 15 is 0 Å². The SMILES string of the molecule is CCCNC(=O)[C@H](Cc1ccccc1)N(Cc1ccc(Cl)c(Cl)c1)C(=O)CN(c1ccccc1OC)S(C)(=O)=O. The molecule has 0 unspecified atom stereocenters. The van der Waals surface area contributed by atoms with Crippen LogP contribution in [0, 0.1) is 0 Å². The van der Waals surface area contributed by atoms with Gasteiger partial charge in [0, 0.05) is 19.5 Å². The number of anilines is 1. The van der Waals surface area contributed by atoms with Crippen LogP contribution in [0.15, 0.2) is 72.8 Å². The molecule has 0 bridgehead atoms. The molecular formula is C29H33Cl2N3O5S. The molecular weight excluding hydrogens is 573 g/mol. The maximum atomic E-state index is 14.1. The van der Waals surface area contributed by atoms with Crippen LogP contribution in [0.5, 0.6) is 5.75 Å². The number of amides is 2. The molecule has 0 radical (unpaired) electrons. The van der Waals surface area contributed by atoms with E-state index in [9.17, 15) is 18.0 Å². The predicted octanol–water partition coefficient (Wildman–Crippen LogP) is 4.93. The minimum absolute atomic E-state index is 0.00368. The first-order valence-corrected chi connectivity index (χ1v) is 15.3. The molecule has 3 aromatic carbocycles. The van der Waals surface area contributed by atoms with Crippen LogP contribution in [0.1, 0.15) is 24.5 Å². The topological polar surface area (TPSA) is 96.0 Å². The molecule has 0 aliphatic rings. The summed E-state index contributed by atoms with van der Waals surface area (Å²) in [7, 11) is -2.49. The van der Waals surface area contributed by atoms with Crippen molar-refractivity contribution in [2.24, 2.45) is 0 Å². The molecule has 0 spiro atoms. The Bertz CT molecular complexity index is 1420. The van der Waals surface area contributed by atoms with Gasteiger partial charge in [-0.25, -0.2) is 8.42 Å². The van der Waals surface area contributed by atoms with Crippen LogP contribution in [0.25, 0.3) is 0 Å². The average Bonchev–Trinajstić information content (AvgIpc) is 2.94. The van der Waals surface area contributed by atoms with Gasteiger partial charge >= 0.3 is 0 Å². The standard InChI is InChI=1S/C29H33Cl2N3O5S/c1-4-16-32-29(36)26(18-21-10-6-5-7-11-21)33(19-22-14-15-23(30)24(31)17-22)28(35)20-34(40(3,37)38)25-12-8-9-13-27(25)39-2/h5-15,17,26H,4,16,18-20H2,1-3H3,(H,32,36)/t26-/m0/s1. The van der Waals surface area contributed by atoms with Crippen LogP contribution >= 0.6 is 23.2 Å². The average molecular weight is 607 g/mol. The van der Waals surface area contributed by atoms with Gasteiger partial charge in [0.2, 0.25) is 21.8 Å². The molecule has 3 aromatic rings. The quantitative estimate of drug-likeness (QED) is 0.298. The molecule has 3 rings (SSSR count). The van der Waals surface area contributed by atoms with E-state index < -0.39 is 28.5 Å². The Labute approximate surface area is 245 Å². The van der Waals surface area contributed by atoms with E-state index in [1.54, 1.807) is 42.5 Å². The van der Waals surface area contributed by atoms with Gasteiger partial charge in [-0.2, -0.15) is 0 Å². The molecule has 0 heterocycles. The molecule has 40 heavy (non-hydrogen) atoms. The Hall–Kier alpha value is -3.27. The second-order valence-electron chi connectivity index (χ2n) is 9.21. The minimum Gasteiger partial charge on any atom is -0.495 e. The van der Waals surface area contributed by atoms with Crippen LogP contribution in [0.3, 0.4) is 0 Å². The number of halogens is 2. The molecule has 2 amide bonds. The number of hydrogen-bond donors (Lipinski definition) is 1. The third-order valence-corrected chi connectivity index (χ3v) is 8.06. The monoisotopic (exact) mass is 605 g/mol. The first-order valence-electron chi connectivity index (χ1n) is 12.7. The molecule has 0 fully saturated rings. The lowest BCUT2D eigenvalue weighted by Crippen LogP contribution is -2.53. The normalized spacial score (nSPS) is 11.9. The zero-order valence-electron chi connectivity index (χ0n) is 22.6. The number of nitrogens with zero attached hydrogens (tertiary/aromatic N) is 2. The molecule has 11 heteroatoms. The second kappa shape index (κ2) is 14.4. The van der Waals surface area contributed by atoms with Gasteiger partial charge in [0.25, 0.3) is 0 Å². The maximum Gasteiger partial charge on any atom is 0.244 e. The van der Waals surface area contributed by atoms with Gasteiger partial charge in [0.1, 0.15) is 18.3 Å². The van der Waals surface area contributed by atoms with Crippen molar-refractivity contribution in [3.8, 4) is 5.75 Å². The van der Waals surface area contributed by atoms with Crippen molar-refractivity contribution in [1.82, 2.24) is 10.2 Å². The van der Waals surface area contributed by atoms with Gasteiger partial charge in [0.15, 0.2) is 0 Å². The number of carbonyl (C=O) groups is 2. The summed E-state index contributed by atoms with van der Waals surface area (Å²) >= 11 is 12.4. The zero-order chi connectivity index (χ0) is 29.3. The highest BCUT2D eigenvalue weighted by atomic mass is 35.5. The van der Waals surface area contributed by atoms with Crippen molar-refractivity contribution in [2.75, 3.05) is 30.8 Å². The Balaban J connectivity index is 2.08. The fraction of sp³-hybridized carbons (Fsp3) is 0.310. The number of carbonyl (C=O) groups excluding carboxylic acids is 2. The molecule has 1 atom stereocenters. The zero-order valence-corrected chi connectivity index (χ0v) is 25.0. The van der Waals surface area contributed by atoms with Crippen molar-refractivity contribution in [3.05, 3.63) is 94.0 Å². The van der Waals surface area contributed by atoms with Crippen LogP contribution in [0.4, 0.5) is 5.69 Å². The third-order valence-electron chi connectivity index (χ3n) is 6.19. The Kier molecular flexibility index (Phi) is 11.2. The van der Waals surface area contributed by atoms with Crippen molar-refractivity contribution >= 4 is 50.7 Å². The lowest BCUT2D eigenvalue weighted by Gasteiger charge is -2.33. The lowest BCUT2D eigenvalue weighted by atomic mass is 10.0. The number of methoxy groups -OCH3 is 1. The predicted molar refractivity (Wildman–Crippen MR) is 159 cm³/mol. The number of para-hydroxylation sites is 2. The lowest BCUT2D eigenvalue weighted by molar-refractivity contribution is -0.140. The van der Waals surface area contributed by atoms with Gasteiger partial charge in [0.05, 0.1) is 29.1 Å². The minimum atomic E-state index is -3.92. The van der Waals surface area contributed by atoms with Crippen molar-refractivity contribution in [2.45, 2.75) is 32.4 Å². The van der Waals surface area contributed by atoms with Gasteiger partial charge in [-0.3, -0.25) is 13.9 Å². The first kappa shape index (κ1) is 31.3. The summed E-state index contributed by atoms with van der Waals surface area (Å²) < 4.78 is 32.2. The first-order chi connectivity index (χ1) is 19.0. The summed E-state index contributed by atoms with van der Waals surface area (Å²) in [5, 5.41) is 3.55. The number of sulfonamides is 1. The molecule has 1 N–H and O–H groups in total. The highest BCUT2D eigenvalue weighted by Crippen LogP contribution is 2.30. The molecule has 0 aromatic heterocycles. The number of rotatable bonds is 13. The highest BCUT2D eigenvalue weighted by Gasteiger charge is 2.33. The van der Waals surface area contributed by atoms with Crippen LogP contribution in [-0.4, -0.2) is 57.6 Å². The van der Waals surface area contributed by atoms with Gasteiger partial charge in [-0.05, 0) is 41.8 Å². The van der Waals surface area contributed by atoms with Crippen LogP contribution in [0.2, 0.25) is 10.0 Å². The van der Waals surface area contributed by atoms with E-state index in [0.29, 0.717) is 34.3 Å². The van der Waals surface area contributed by atoms with Gasteiger partial charge in [-0.15, -0.1) is 0 Å². The number of hydrogen-bond acceptors (Lipinski definition) is 5. The summed E-state index contributed by atoms with van der Waals surface area (Å²) in [6, 6.07) is 19.9. The molecule has 0 saturated heterocycles. The molecule has 0 aliphatic carbocycles. The van der Waals surface area contributed by atoms with Crippen molar-refractivity contribution in [1.29, 1.82) is 0 Å². The number of benzene rings is 3. The summed E-state index contributed by atoms with van der Waals surface area (Å²) in [6.07, 6.45) is 1.95. The fourth-order valence-corrected chi connectivity index (χ4v) is 5.36. The van der Waals surface area contributed by atoms with Crippen LogP contribution in [-0.2, 0) is 32.6 Å². The van der Waals surface area contributed by atoms with Crippen molar-refractivity contribution in [3.63, 3.8) is 0 Å². The van der Waals surface area contributed by atoms with Gasteiger partial charge in [-0.1, -0.05) is 78.7 Å². The number of nitrogens with one attached hydrogen (secondary N) is 1. The Morgan fingerprint density at radius 3 is 2.25 bits per heavy atom. The van der Waals surface area contributed by atoms with E-state index in [1.165, 1.54) is 12.0 Å². The summed E-state index contributed by atoms with van der Waals surface area (Å²) in [5.41, 5.74) is 1.69. The fourth-order valence-electron chi connectivity index (χ4n) is 4.19. The van der Waals surface area contributed by atoms with E-state index in [2.05, 4.69) is 5.32 Å². The molecule has 0 aliphatic heterocycles. The van der Waals surface area contributed by atoms with Gasteiger partial charge < -0.3 is 15.0 Å². The second-order valence-corrected chi connectivity index (χ2v) is 11.9. The van der Waals surface area contributed by atoms with E-state index in [1.807, 2.05) is 37.3 Å². The summed E-state index contributed by atoms with van der Waals surface area (Å²) in [4.78, 5) is 29.0. The summed E-state index contributed by atoms with van der Waals surface area (Å²) in [5.74, 6) is -0.629. The van der Waals surface area contributed by atoms with Crippen LogP contribution < -0.4 is 14.4 Å². The van der Waals surface area contributed by atoms with Crippen molar-refractivity contribution < 1.29 is 22.7 Å². The maximum absolute atomic E-state index is 14.1. The van der Waals surface area contributed by atoms with E-state index in [4.69, 9.17) is 27.9 Å². The molecule has 214 valence electrons. The Morgan fingerprint density at radius 1 is 0.950 bits per heavy atom. The Morgan fingerprint density at radius 2 is 1.62 bits per heavy atom. The van der Waals surface area contributed by atoms with E-state index in [-0.39, 0.29) is 24.6 Å². The third kappa shape index (κ3) is 8.36. The highest BCUT2D eigenvalue weighted by molar-refractivity contribution is 7.92. The van der Waals surface area contributed by atoms with E-state index in [0.717, 1.165) is 16.1 Å². The molecule has 8 nitrogen and oxygen atoms in total. The molecule has 0 saturated carbocycles. The smallest absolute Gasteiger partial charge is 0.244 e. The summed E-state index contributed by atoms with van der Waals surface area (Å²) in [6.45, 7) is 1.81. The largest absolute Gasteiger partial charge is 0.495 e. The number of ether oxygens (including phenoxy) is 1.